The van der Waals surface area contributed by atoms with Crippen molar-refractivity contribution in [3.8, 4) is 5.75 Å². The van der Waals surface area contributed by atoms with E-state index in [1.165, 1.54) is 13.2 Å². The lowest BCUT2D eigenvalue weighted by atomic mass is 9.80. The van der Waals surface area contributed by atoms with E-state index in [0.29, 0.717) is 25.0 Å². The molecule has 2 aliphatic rings. The standard InChI is InChI=1S/C17H18O5/c1-11(18)21-13-7-8-14-15(9-13)20-10-16(17(14)19)22-12-5-3-2-4-6-12/h2-6,10,13-15H,7-9H2,1H3. The Bertz CT molecular complexity index is 592. The molecule has 1 aliphatic carbocycles. The third-order valence-electron chi connectivity index (χ3n) is 3.98. The zero-order chi connectivity index (χ0) is 15.5. The van der Waals surface area contributed by atoms with Gasteiger partial charge in [-0.3, -0.25) is 9.59 Å². The number of carbonyl (C=O) groups is 2. The van der Waals surface area contributed by atoms with Crippen molar-refractivity contribution in [2.75, 3.05) is 0 Å². The normalized spacial score (nSPS) is 27.2. The number of allylic oxidation sites excluding steroid dienone is 1. The Morgan fingerprint density at radius 3 is 2.73 bits per heavy atom. The third kappa shape index (κ3) is 3.13. The van der Waals surface area contributed by atoms with Crippen LogP contribution < -0.4 is 4.74 Å². The molecule has 0 aromatic heterocycles. The summed E-state index contributed by atoms with van der Waals surface area (Å²) in [4.78, 5) is 23.5. The summed E-state index contributed by atoms with van der Waals surface area (Å²) in [5, 5.41) is 0. The summed E-state index contributed by atoms with van der Waals surface area (Å²) in [5.74, 6) is 0.280. The first-order valence-corrected chi connectivity index (χ1v) is 7.43. The molecular formula is C17H18O5. The number of fused-ring (bicyclic) bond motifs is 1. The molecule has 5 heteroatoms. The minimum atomic E-state index is -0.297. The summed E-state index contributed by atoms with van der Waals surface area (Å²) in [5.41, 5.74) is 0. The van der Waals surface area contributed by atoms with Crippen molar-refractivity contribution in [2.45, 2.75) is 38.4 Å². The highest BCUT2D eigenvalue weighted by atomic mass is 16.5. The van der Waals surface area contributed by atoms with Crippen LogP contribution >= 0.6 is 0 Å². The molecule has 22 heavy (non-hydrogen) atoms. The van der Waals surface area contributed by atoms with Crippen LogP contribution in [-0.2, 0) is 19.1 Å². The summed E-state index contributed by atoms with van der Waals surface area (Å²) in [6.45, 7) is 1.39. The minimum Gasteiger partial charge on any atom is -0.493 e. The minimum absolute atomic E-state index is 0.0404. The molecule has 0 radical (unpaired) electrons. The Balaban J connectivity index is 1.67. The molecule has 0 saturated heterocycles. The average Bonchev–Trinajstić information content (AvgIpc) is 2.50. The monoisotopic (exact) mass is 302 g/mol. The molecule has 1 aromatic carbocycles. The number of Topliss-reactive ketones (excluding diaryl/α,β-unsaturated/α-hetero) is 1. The van der Waals surface area contributed by atoms with Crippen LogP contribution in [0, 0.1) is 5.92 Å². The number of benzene rings is 1. The Morgan fingerprint density at radius 1 is 1.23 bits per heavy atom. The first kappa shape index (κ1) is 14.6. The van der Waals surface area contributed by atoms with Crippen molar-refractivity contribution in [3.63, 3.8) is 0 Å². The zero-order valence-electron chi connectivity index (χ0n) is 12.4. The second-order valence-corrected chi connectivity index (χ2v) is 5.59. The summed E-state index contributed by atoms with van der Waals surface area (Å²) in [7, 11) is 0. The van der Waals surface area contributed by atoms with Crippen LogP contribution in [0.25, 0.3) is 0 Å². The molecule has 1 aliphatic heterocycles. The van der Waals surface area contributed by atoms with E-state index >= 15 is 0 Å². The molecule has 116 valence electrons. The number of ether oxygens (including phenoxy) is 3. The predicted octanol–water partition coefficient (Wildman–Crippen LogP) is 2.61. The maximum Gasteiger partial charge on any atom is 0.302 e. The number of carbonyl (C=O) groups excluding carboxylic acids is 2. The first-order chi connectivity index (χ1) is 10.6. The highest BCUT2D eigenvalue weighted by Crippen LogP contribution is 2.35. The van der Waals surface area contributed by atoms with Gasteiger partial charge in [0.15, 0.2) is 0 Å². The molecule has 5 nitrogen and oxygen atoms in total. The Hall–Kier alpha value is -2.30. The van der Waals surface area contributed by atoms with E-state index in [1.54, 1.807) is 12.1 Å². The van der Waals surface area contributed by atoms with Gasteiger partial charge < -0.3 is 14.2 Å². The van der Waals surface area contributed by atoms with E-state index in [0.717, 1.165) is 0 Å². The highest BCUT2D eigenvalue weighted by molar-refractivity contribution is 5.96. The van der Waals surface area contributed by atoms with Crippen LogP contribution in [0.5, 0.6) is 5.75 Å². The molecule has 0 bridgehead atoms. The second-order valence-electron chi connectivity index (χ2n) is 5.59. The SMILES string of the molecule is CC(=O)OC1CCC2C(=O)C(Oc3ccccc3)=COC2C1. The highest BCUT2D eigenvalue weighted by Gasteiger charge is 2.41. The number of rotatable bonds is 3. The summed E-state index contributed by atoms with van der Waals surface area (Å²) in [6.07, 6.45) is 2.83. The van der Waals surface area contributed by atoms with Gasteiger partial charge in [0, 0.05) is 13.3 Å². The van der Waals surface area contributed by atoms with Gasteiger partial charge in [-0.25, -0.2) is 0 Å². The van der Waals surface area contributed by atoms with Crippen molar-refractivity contribution in [1.82, 2.24) is 0 Å². The van der Waals surface area contributed by atoms with Crippen molar-refractivity contribution < 1.29 is 23.8 Å². The fourth-order valence-corrected chi connectivity index (χ4v) is 2.96. The van der Waals surface area contributed by atoms with Crippen LogP contribution in [0.3, 0.4) is 0 Å². The van der Waals surface area contributed by atoms with Crippen molar-refractivity contribution >= 4 is 11.8 Å². The van der Waals surface area contributed by atoms with Crippen molar-refractivity contribution in [3.05, 3.63) is 42.4 Å². The van der Waals surface area contributed by atoms with Gasteiger partial charge in [-0.1, -0.05) is 18.2 Å². The van der Waals surface area contributed by atoms with E-state index < -0.39 is 0 Å². The van der Waals surface area contributed by atoms with Gasteiger partial charge in [-0.15, -0.1) is 0 Å². The van der Waals surface area contributed by atoms with Gasteiger partial charge in [-0.05, 0) is 25.0 Å². The Morgan fingerprint density at radius 2 is 2.00 bits per heavy atom. The van der Waals surface area contributed by atoms with Gasteiger partial charge in [0.05, 0.1) is 5.92 Å². The second kappa shape index (κ2) is 6.22. The maximum atomic E-state index is 12.5. The molecule has 0 N–H and O–H groups in total. The lowest BCUT2D eigenvalue weighted by Gasteiger charge is -2.36. The molecule has 3 rings (SSSR count). The van der Waals surface area contributed by atoms with E-state index in [-0.39, 0.29) is 35.6 Å². The maximum absolute atomic E-state index is 12.5. The van der Waals surface area contributed by atoms with E-state index in [4.69, 9.17) is 14.2 Å². The van der Waals surface area contributed by atoms with Crippen LogP contribution in [0.15, 0.2) is 42.4 Å². The van der Waals surface area contributed by atoms with Crippen molar-refractivity contribution in [1.29, 1.82) is 0 Å². The Labute approximate surface area is 128 Å². The molecule has 1 fully saturated rings. The number of ketones is 1. The quantitative estimate of drug-likeness (QED) is 0.803. The third-order valence-corrected chi connectivity index (χ3v) is 3.98. The molecule has 0 amide bonds. The smallest absolute Gasteiger partial charge is 0.302 e. The number of hydrogen-bond acceptors (Lipinski definition) is 5. The van der Waals surface area contributed by atoms with E-state index in [2.05, 4.69) is 0 Å². The van der Waals surface area contributed by atoms with Crippen LogP contribution in [-0.4, -0.2) is 24.0 Å². The topological polar surface area (TPSA) is 61.8 Å². The van der Waals surface area contributed by atoms with Gasteiger partial charge in [0.2, 0.25) is 11.5 Å². The van der Waals surface area contributed by atoms with Crippen LogP contribution in [0.4, 0.5) is 0 Å². The van der Waals surface area contributed by atoms with Gasteiger partial charge >= 0.3 is 5.97 Å². The molecule has 1 aromatic rings. The average molecular weight is 302 g/mol. The molecule has 0 spiro atoms. The van der Waals surface area contributed by atoms with Gasteiger partial charge in [-0.2, -0.15) is 0 Å². The molecule has 1 saturated carbocycles. The number of esters is 1. The lowest BCUT2D eigenvalue weighted by molar-refractivity contribution is -0.152. The van der Waals surface area contributed by atoms with Crippen LogP contribution in [0.2, 0.25) is 0 Å². The van der Waals surface area contributed by atoms with Gasteiger partial charge in [0.25, 0.3) is 0 Å². The van der Waals surface area contributed by atoms with Gasteiger partial charge in [0.1, 0.15) is 24.2 Å². The van der Waals surface area contributed by atoms with Crippen molar-refractivity contribution in [2.24, 2.45) is 5.92 Å². The molecule has 3 unspecified atom stereocenters. The van der Waals surface area contributed by atoms with E-state index in [9.17, 15) is 9.59 Å². The fourth-order valence-electron chi connectivity index (χ4n) is 2.96. The Kier molecular flexibility index (Phi) is 4.13. The van der Waals surface area contributed by atoms with E-state index in [1.807, 2.05) is 18.2 Å². The summed E-state index contributed by atoms with van der Waals surface area (Å²) < 4.78 is 16.5. The van der Waals surface area contributed by atoms with Crippen LogP contribution in [0.1, 0.15) is 26.2 Å². The largest absolute Gasteiger partial charge is 0.493 e. The fraction of sp³-hybridized carbons (Fsp3) is 0.412. The zero-order valence-corrected chi connectivity index (χ0v) is 12.4. The number of para-hydroxylation sites is 1. The molecule has 1 heterocycles. The summed E-state index contributed by atoms with van der Waals surface area (Å²) >= 11 is 0. The predicted molar refractivity (Wildman–Crippen MR) is 77.9 cm³/mol. The molecule has 3 atom stereocenters. The first-order valence-electron chi connectivity index (χ1n) is 7.43. The summed E-state index contributed by atoms with van der Waals surface area (Å²) in [6, 6.07) is 9.15. The molecular weight excluding hydrogens is 284 g/mol. The lowest BCUT2D eigenvalue weighted by Crippen LogP contribution is -2.42. The number of hydrogen-bond donors (Lipinski definition) is 0.